The molecule has 3 nitrogen and oxygen atoms in total. The van der Waals surface area contributed by atoms with Crippen LogP contribution in [0, 0.1) is 0 Å². The molecule has 0 fully saturated rings. The number of aryl methyl sites for hydroxylation is 2. The van der Waals surface area contributed by atoms with Crippen LogP contribution in [0.3, 0.4) is 0 Å². The van der Waals surface area contributed by atoms with Crippen LogP contribution in [0.5, 0.6) is 0 Å². The predicted octanol–water partition coefficient (Wildman–Crippen LogP) is 3.85. The lowest BCUT2D eigenvalue weighted by Crippen LogP contribution is -2.19. The molecule has 0 aliphatic carbocycles. The number of halogens is 2. The third-order valence-corrected chi connectivity index (χ3v) is 4.73. The van der Waals surface area contributed by atoms with Gasteiger partial charge in [-0.15, -0.1) is 11.3 Å². The highest BCUT2D eigenvalue weighted by Gasteiger charge is 2.18. The zero-order chi connectivity index (χ0) is 14.0. The Bertz CT molecular complexity index is 562. The summed E-state index contributed by atoms with van der Waals surface area (Å²) in [6, 6.07) is 4.23. The molecule has 0 amide bonds. The maximum atomic E-state index is 6.23. The molecule has 0 spiro atoms. The minimum atomic E-state index is 0.149. The van der Waals surface area contributed by atoms with Crippen molar-refractivity contribution in [2.24, 2.45) is 7.05 Å². The summed E-state index contributed by atoms with van der Waals surface area (Å²) in [7, 11) is 3.91. The second kappa shape index (κ2) is 6.27. The first-order valence-electron chi connectivity index (χ1n) is 6.19. The van der Waals surface area contributed by atoms with Crippen LogP contribution in [-0.2, 0) is 19.9 Å². The van der Waals surface area contributed by atoms with Crippen LogP contribution in [0.1, 0.15) is 29.9 Å². The van der Waals surface area contributed by atoms with Gasteiger partial charge in [0.1, 0.15) is 0 Å². The van der Waals surface area contributed by atoms with Crippen LogP contribution < -0.4 is 5.32 Å². The van der Waals surface area contributed by atoms with Crippen molar-refractivity contribution in [2.75, 3.05) is 7.05 Å². The molecule has 0 saturated carbocycles. The Labute approximate surface area is 127 Å². The summed E-state index contributed by atoms with van der Waals surface area (Å²) in [5, 5.41) is 7.77. The Morgan fingerprint density at radius 1 is 1.42 bits per heavy atom. The van der Waals surface area contributed by atoms with Crippen molar-refractivity contribution in [1.29, 1.82) is 0 Å². The zero-order valence-electron chi connectivity index (χ0n) is 11.2. The fourth-order valence-electron chi connectivity index (χ4n) is 2.10. The average Bonchev–Trinajstić information content (AvgIpc) is 2.89. The quantitative estimate of drug-likeness (QED) is 0.907. The lowest BCUT2D eigenvalue weighted by atomic mass is 10.1. The molecule has 1 N–H and O–H groups in total. The number of hydrogen-bond donors (Lipinski definition) is 1. The van der Waals surface area contributed by atoms with E-state index in [2.05, 4.69) is 23.4 Å². The summed E-state index contributed by atoms with van der Waals surface area (Å²) < 4.78 is 3.41. The second-order valence-electron chi connectivity index (χ2n) is 4.43. The van der Waals surface area contributed by atoms with E-state index in [0.717, 1.165) is 32.8 Å². The van der Waals surface area contributed by atoms with Gasteiger partial charge in [0.25, 0.3) is 0 Å². The zero-order valence-corrected chi connectivity index (χ0v) is 13.5. The van der Waals surface area contributed by atoms with Crippen molar-refractivity contribution >= 4 is 34.5 Å². The molecule has 19 heavy (non-hydrogen) atoms. The Balaban J connectivity index is 2.23. The van der Waals surface area contributed by atoms with Gasteiger partial charge in [0.2, 0.25) is 0 Å². The molecule has 0 aliphatic rings. The summed E-state index contributed by atoms with van der Waals surface area (Å²) in [6.45, 7) is 2.11. The molecule has 0 bridgehead atoms. The van der Waals surface area contributed by atoms with Gasteiger partial charge in [-0.1, -0.05) is 30.1 Å². The number of thiophene rings is 1. The Morgan fingerprint density at radius 3 is 2.63 bits per heavy atom. The maximum Gasteiger partial charge on any atom is 0.0992 e. The van der Waals surface area contributed by atoms with E-state index in [9.17, 15) is 0 Å². The van der Waals surface area contributed by atoms with Crippen LogP contribution in [-0.4, -0.2) is 16.8 Å². The van der Waals surface area contributed by atoms with E-state index in [-0.39, 0.29) is 6.04 Å². The van der Waals surface area contributed by atoms with Crippen LogP contribution in [0.25, 0.3) is 0 Å². The molecule has 2 rings (SSSR count). The van der Waals surface area contributed by atoms with Gasteiger partial charge in [-0.3, -0.25) is 4.68 Å². The van der Waals surface area contributed by atoms with E-state index in [4.69, 9.17) is 23.2 Å². The third-order valence-electron chi connectivity index (χ3n) is 3.21. The number of rotatable bonds is 5. The van der Waals surface area contributed by atoms with Gasteiger partial charge in [-0.2, -0.15) is 5.10 Å². The predicted molar refractivity (Wildman–Crippen MR) is 82.4 cm³/mol. The first kappa shape index (κ1) is 14.9. The minimum Gasteiger partial charge on any atom is -0.313 e. The molecule has 0 saturated heterocycles. The molecule has 2 aromatic heterocycles. The molecule has 104 valence electrons. The van der Waals surface area contributed by atoms with Gasteiger partial charge in [0, 0.05) is 30.8 Å². The van der Waals surface area contributed by atoms with Crippen LogP contribution in [0.4, 0.5) is 0 Å². The van der Waals surface area contributed by atoms with Crippen LogP contribution in [0.15, 0.2) is 12.1 Å². The Morgan fingerprint density at radius 2 is 2.16 bits per heavy atom. The van der Waals surface area contributed by atoms with E-state index in [0.29, 0.717) is 0 Å². The lowest BCUT2D eigenvalue weighted by molar-refractivity contribution is 0.562. The monoisotopic (exact) mass is 317 g/mol. The van der Waals surface area contributed by atoms with E-state index in [1.165, 1.54) is 17.0 Å². The smallest absolute Gasteiger partial charge is 0.0992 e. The van der Waals surface area contributed by atoms with E-state index < -0.39 is 0 Å². The number of hydrogen-bond acceptors (Lipinski definition) is 3. The standard InChI is InChI=1S/C13H17Cl2N3S/c1-4-8-5-9(18(3)17-8)6-11(16-2)10-7-12(14)19-13(10)15/h5,7,11,16H,4,6H2,1-3H3. The molecule has 0 aromatic carbocycles. The highest BCUT2D eigenvalue weighted by molar-refractivity contribution is 7.20. The molecule has 1 atom stereocenters. The number of nitrogens with one attached hydrogen (secondary N) is 1. The lowest BCUT2D eigenvalue weighted by Gasteiger charge is -2.15. The van der Waals surface area contributed by atoms with Gasteiger partial charge in [0.05, 0.1) is 14.4 Å². The largest absolute Gasteiger partial charge is 0.313 e. The van der Waals surface area contributed by atoms with E-state index >= 15 is 0 Å². The van der Waals surface area contributed by atoms with Crippen molar-refractivity contribution in [1.82, 2.24) is 15.1 Å². The molecule has 2 heterocycles. The summed E-state index contributed by atoms with van der Waals surface area (Å²) >= 11 is 13.7. The molecule has 0 aliphatic heterocycles. The molecule has 6 heteroatoms. The number of aromatic nitrogens is 2. The van der Waals surface area contributed by atoms with Crippen molar-refractivity contribution in [3.8, 4) is 0 Å². The van der Waals surface area contributed by atoms with Gasteiger partial charge in [-0.25, -0.2) is 0 Å². The molecule has 2 aromatic rings. The normalized spacial score (nSPS) is 12.9. The van der Waals surface area contributed by atoms with Gasteiger partial charge in [0.15, 0.2) is 0 Å². The molecule has 1 unspecified atom stereocenters. The van der Waals surface area contributed by atoms with Gasteiger partial charge in [-0.05, 0) is 25.6 Å². The van der Waals surface area contributed by atoms with Crippen molar-refractivity contribution < 1.29 is 0 Å². The molecule has 0 radical (unpaired) electrons. The van der Waals surface area contributed by atoms with Crippen LogP contribution in [0.2, 0.25) is 8.67 Å². The van der Waals surface area contributed by atoms with Crippen molar-refractivity contribution in [3.63, 3.8) is 0 Å². The first-order chi connectivity index (χ1) is 9.05. The summed E-state index contributed by atoms with van der Waals surface area (Å²) in [5.74, 6) is 0. The highest BCUT2D eigenvalue weighted by Crippen LogP contribution is 2.36. The van der Waals surface area contributed by atoms with Crippen molar-refractivity contribution in [2.45, 2.75) is 25.8 Å². The van der Waals surface area contributed by atoms with E-state index in [1.807, 2.05) is 24.8 Å². The average molecular weight is 318 g/mol. The third kappa shape index (κ3) is 3.31. The Hall–Kier alpha value is -0.550. The topological polar surface area (TPSA) is 29.9 Å². The first-order valence-corrected chi connectivity index (χ1v) is 7.76. The van der Waals surface area contributed by atoms with Crippen LogP contribution >= 0.6 is 34.5 Å². The van der Waals surface area contributed by atoms with E-state index in [1.54, 1.807) is 0 Å². The van der Waals surface area contributed by atoms with Gasteiger partial charge < -0.3 is 5.32 Å². The molecular formula is C13H17Cl2N3S. The van der Waals surface area contributed by atoms with Crippen molar-refractivity contribution in [3.05, 3.63) is 37.8 Å². The summed E-state index contributed by atoms with van der Waals surface area (Å²) in [4.78, 5) is 0. The Kier molecular flexibility index (Phi) is 4.90. The SMILES string of the molecule is CCc1cc(CC(NC)c2cc(Cl)sc2Cl)n(C)n1. The molecular weight excluding hydrogens is 301 g/mol. The number of likely N-dealkylation sites (N-methyl/N-ethyl adjacent to an activating group) is 1. The minimum absolute atomic E-state index is 0.149. The fourth-order valence-corrected chi connectivity index (χ4v) is 3.68. The maximum absolute atomic E-state index is 6.23. The number of nitrogens with zero attached hydrogens (tertiary/aromatic N) is 2. The fraction of sp³-hybridized carbons (Fsp3) is 0.462. The highest BCUT2D eigenvalue weighted by atomic mass is 35.5. The second-order valence-corrected chi connectivity index (χ2v) is 6.71. The summed E-state index contributed by atoms with van der Waals surface area (Å²) in [6.07, 6.45) is 1.79. The summed E-state index contributed by atoms with van der Waals surface area (Å²) in [5.41, 5.74) is 3.36. The van der Waals surface area contributed by atoms with Gasteiger partial charge >= 0.3 is 0 Å².